The number of rotatable bonds is 2. The van der Waals surface area contributed by atoms with Crippen LogP contribution in [-0.2, 0) is 11.3 Å². The molecule has 0 spiro atoms. The summed E-state index contributed by atoms with van der Waals surface area (Å²) in [5, 5.41) is 0. The number of fused-ring (bicyclic) bond motifs is 2. The number of carbonyl (C=O) groups is 1. The van der Waals surface area contributed by atoms with Gasteiger partial charge in [0, 0.05) is 48.4 Å². The molecular formula is C17H22N4O. The Hall–Kier alpha value is -1.88. The van der Waals surface area contributed by atoms with E-state index in [-0.39, 0.29) is 0 Å². The van der Waals surface area contributed by atoms with E-state index < -0.39 is 0 Å². The third-order valence-electron chi connectivity index (χ3n) is 5.30. The highest BCUT2D eigenvalue weighted by Crippen LogP contribution is 2.41. The zero-order valence-corrected chi connectivity index (χ0v) is 13.2. The molecule has 1 saturated heterocycles. The largest absolute Gasteiger partial charge is 0.355 e. The molecule has 4 rings (SSSR count). The fraction of sp³-hybridized carbons (Fsp3) is 0.529. The Kier molecular flexibility index (Phi) is 3.18. The summed E-state index contributed by atoms with van der Waals surface area (Å²) in [6.45, 7) is 7.10. The van der Waals surface area contributed by atoms with Crippen LogP contribution >= 0.6 is 0 Å². The number of hydrogen-bond donors (Lipinski definition) is 1. The van der Waals surface area contributed by atoms with Gasteiger partial charge in [-0.2, -0.15) is 0 Å². The van der Waals surface area contributed by atoms with Crippen LogP contribution in [0.1, 0.15) is 31.2 Å². The Morgan fingerprint density at radius 3 is 3.09 bits per heavy atom. The van der Waals surface area contributed by atoms with Crippen LogP contribution in [0, 0.1) is 12.8 Å². The van der Waals surface area contributed by atoms with Crippen LogP contribution in [0.3, 0.4) is 0 Å². The van der Waals surface area contributed by atoms with Gasteiger partial charge < -0.3 is 9.88 Å². The van der Waals surface area contributed by atoms with Gasteiger partial charge in [0.25, 0.3) is 0 Å². The fourth-order valence-corrected chi connectivity index (χ4v) is 4.07. The molecule has 1 N–H and O–H groups in total. The second kappa shape index (κ2) is 5.09. The van der Waals surface area contributed by atoms with Crippen molar-refractivity contribution in [2.75, 3.05) is 13.2 Å². The van der Waals surface area contributed by atoms with Crippen molar-refractivity contribution in [1.29, 1.82) is 0 Å². The van der Waals surface area contributed by atoms with E-state index in [0.717, 1.165) is 48.8 Å². The fourth-order valence-electron chi connectivity index (χ4n) is 4.07. The number of nitrogens with one attached hydrogen (secondary N) is 1. The number of ketones is 1. The van der Waals surface area contributed by atoms with E-state index in [1.54, 1.807) is 6.33 Å². The monoisotopic (exact) mass is 298 g/mol. The molecule has 116 valence electrons. The lowest BCUT2D eigenvalue weighted by Crippen LogP contribution is -2.48. The van der Waals surface area contributed by atoms with Crippen molar-refractivity contribution in [2.24, 2.45) is 5.92 Å². The first-order valence-corrected chi connectivity index (χ1v) is 8.07. The summed E-state index contributed by atoms with van der Waals surface area (Å²) < 4.78 is 0. The summed E-state index contributed by atoms with van der Waals surface area (Å²) in [5.74, 6) is 0.677. The predicted molar refractivity (Wildman–Crippen MR) is 83.8 cm³/mol. The summed E-state index contributed by atoms with van der Waals surface area (Å²) in [5.41, 5.74) is 4.49. The van der Waals surface area contributed by atoms with Crippen molar-refractivity contribution in [1.82, 2.24) is 19.8 Å². The lowest BCUT2D eigenvalue weighted by molar-refractivity contribution is -0.115. The first-order valence-electron chi connectivity index (χ1n) is 8.07. The first kappa shape index (κ1) is 13.8. The number of aromatic amines is 1. The molecule has 2 aliphatic heterocycles. The topological polar surface area (TPSA) is 52.2 Å². The second-order valence-electron chi connectivity index (χ2n) is 6.61. The van der Waals surface area contributed by atoms with Gasteiger partial charge in [0.1, 0.15) is 0 Å². The molecule has 1 aromatic heterocycles. The molecule has 3 heterocycles. The van der Waals surface area contributed by atoms with Gasteiger partial charge in [-0.05, 0) is 19.4 Å². The molecule has 1 aliphatic carbocycles. The van der Waals surface area contributed by atoms with Crippen molar-refractivity contribution < 1.29 is 4.79 Å². The highest BCUT2D eigenvalue weighted by molar-refractivity contribution is 5.99. The SMILES string of the molecule is Cc1[nH]cnc1CN1CCC2C(C)C3=C(C=CCC3=O)N2C1. The standard InChI is InChI=1S/C17H22N4O/c1-11-14-6-7-20(8-13-12(2)18-9-19-13)10-21(14)15-4-3-5-16(22)17(11)15/h3-4,9,11,14H,5-8,10H2,1-2H3,(H,18,19). The molecular weight excluding hydrogens is 276 g/mol. The third-order valence-corrected chi connectivity index (χ3v) is 5.30. The average Bonchev–Trinajstić information content (AvgIpc) is 3.03. The van der Waals surface area contributed by atoms with Gasteiger partial charge in [-0.3, -0.25) is 9.69 Å². The summed E-state index contributed by atoms with van der Waals surface area (Å²) in [4.78, 5) is 24.7. The number of aromatic nitrogens is 2. The minimum absolute atomic E-state index is 0.314. The minimum Gasteiger partial charge on any atom is -0.355 e. The molecule has 5 heteroatoms. The molecule has 0 radical (unpaired) electrons. The van der Waals surface area contributed by atoms with Crippen molar-refractivity contribution in [3.05, 3.63) is 41.1 Å². The summed E-state index contributed by atoms with van der Waals surface area (Å²) in [6, 6.07) is 0.480. The van der Waals surface area contributed by atoms with Crippen LogP contribution in [0.5, 0.6) is 0 Å². The molecule has 0 bridgehead atoms. The average molecular weight is 298 g/mol. The summed E-state index contributed by atoms with van der Waals surface area (Å²) in [6.07, 6.45) is 7.60. The van der Waals surface area contributed by atoms with Gasteiger partial charge in [-0.1, -0.05) is 13.0 Å². The molecule has 0 aromatic carbocycles. The van der Waals surface area contributed by atoms with Gasteiger partial charge in [0.2, 0.25) is 0 Å². The van der Waals surface area contributed by atoms with Crippen molar-refractivity contribution in [3.63, 3.8) is 0 Å². The Morgan fingerprint density at radius 2 is 2.32 bits per heavy atom. The van der Waals surface area contributed by atoms with Crippen molar-refractivity contribution in [3.8, 4) is 0 Å². The van der Waals surface area contributed by atoms with E-state index in [9.17, 15) is 4.79 Å². The number of imidazole rings is 1. The van der Waals surface area contributed by atoms with Crippen LogP contribution in [-0.4, -0.2) is 44.8 Å². The van der Waals surface area contributed by atoms with Crippen molar-refractivity contribution >= 4 is 5.78 Å². The number of hydrogen-bond acceptors (Lipinski definition) is 4. The van der Waals surface area contributed by atoms with Crippen LogP contribution < -0.4 is 0 Å². The van der Waals surface area contributed by atoms with E-state index >= 15 is 0 Å². The highest BCUT2D eigenvalue weighted by Gasteiger charge is 2.43. The molecule has 0 amide bonds. The zero-order chi connectivity index (χ0) is 15.3. The number of H-pyrrole nitrogens is 1. The quantitative estimate of drug-likeness (QED) is 0.907. The maximum Gasteiger partial charge on any atom is 0.165 e. The van der Waals surface area contributed by atoms with Gasteiger partial charge in [-0.15, -0.1) is 0 Å². The van der Waals surface area contributed by atoms with Crippen LogP contribution in [0.4, 0.5) is 0 Å². The Morgan fingerprint density at radius 1 is 1.45 bits per heavy atom. The smallest absolute Gasteiger partial charge is 0.165 e. The number of aryl methyl sites for hydroxylation is 1. The normalized spacial score (nSPS) is 28.3. The molecule has 5 nitrogen and oxygen atoms in total. The number of carbonyl (C=O) groups excluding carboxylic acids is 1. The third kappa shape index (κ3) is 2.03. The molecule has 2 atom stereocenters. The lowest BCUT2D eigenvalue weighted by atomic mass is 9.88. The van der Waals surface area contributed by atoms with Gasteiger partial charge in [-0.25, -0.2) is 4.98 Å². The van der Waals surface area contributed by atoms with Gasteiger partial charge >= 0.3 is 0 Å². The molecule has 3 aliphatic rings. The second-order valence-corrected chi connectivity index (χ2v) is 6.61. The van der Waals surface area contributed by atoms with Crippen LogP contribution in [0.2, 0.25) is 0 Å². The molecule has 1 fully saturated rings. The lowest BCUT2D eigenvalue weighted by Gasteiger charge is -2.41. The Labute approximate surface area is 130 Å². The molecule has 0 saturated carbocycles. The van der Waals surface area contributed by atoms with E-state index in [1.807, 2.05) is 6.08 Å². The van der Waals surface area contributed by atoms with E-state index in [0.29, 0.717) is 24.2 Å². The Bertz CT molecular complexity index is 672. The van der Waals surface area contributed by atoms with E-state index in [2.05, 4.69) is 39.7 Å². The first-order chi connectivity index (χ1) is 10.6. The van der Waals surface area contributed by atoms with Gasteiger partial charge in [0.05, 0.1) is 18.7 Å². The summed E-state index contributed by atoms with van der Waals surface area (Å²) >= 11 is 0. The Balaban J connectivity index is 1.56. The highest BCUT2D eigenvalue weighted by atomic mass is 16.1. The van der Waals surface area contributed by atoms with E-state index in [4.69, 9.17) is 0 Å². The number of Topliss-reactive ketones (excluding diaryl/α,β-unsaturated/α-hetero) is 1. The van der Waals surface area contributed by atoms with Crippen LogP contribution in [0.15, 0.2) is 29.7 Å². The summed E-state index contributed by atoms with van der Waals surface area (Å²) in [7, 11) is 0. The predicted octanol–water partition coefficient (Wildman–Crippen LogP) is 1.98. The minimum atomic E-state index is 0.314. The van der Waals surface area contributed by atoms with Crippen LogP contribution in [0.25, 0.3) is 0 Å². The number of allylic oxidation sites excluding steroid dienone is 2. The number of nitrogens with zero attached hydrogens (tertiary/aromatic N) is 3. The zero-order valence-electron chi connectivity index (χ0n) is 13.2. The molecule has 1 aromatic rings. The maximum atomic E-state index is 12.2. The molecule has 22 heavy (non-hydrogen) atoms. The molecule has 2 unspecified atom stereocenters. The maximum absolute atomic E-state index is 12.2. The van der Waals surface area contributed by atoms with Gasteiger partial charge in [0.15, 0.2) is 5.78 Å². The van der Waals surface area contributed by atoms with Crippen molar-refractivity contribution in [2.45, 2.75) is 39.3 Å². The van der Waals surface area contributed by atoms with E-state index in [1.165, 1.54) is 0 Å².